The van der Waals surface area contributed by atoms with Crippen molar-refractivity contribution in [2.45, 2.75) is 12.8 Å². The van der Waals surface area contributed by atoms with Crippen LogP contribution in [0.2, 0.25) is 0 Å². The van der Waals surface area contributed by atoms with Gasteiger partial charge in [-0.1, -0.05) is 12.1 Å². The number of amides is 5. The fourth-order valence-electron chi connectivity index (χ4n) is 4.10. The van der Waals surface area contributed by atoms with E-state index in [2.05, 4.69) is 10.6 Å². The minimum absolute atomic E-state index is 0.0844. The molecule has 0 aliphatic carbocycles. The van der Waals surface area contributed by atoms with E-state index in [1.54, 1.807) is 72.8 Å². The van der Waals surface area contributed by atoms with E-state index in [9.17, 15) is 24.0 Å². The molecule has 1 fully saturated rings. The number of benzene rings is 3. The molecule has 0 aromatic heterocycles. The highest BCUT2D eigenvalue weighted by Gasteiger charge is 2.30. The van der Waals surface area contributed by atoms with Gasteiger partial charge in [0.15, 0.2) is 0 Å². The second-order valence-electron chi connectivity index (χ2n) is 8.16. The van der Waals surface area contributed by atoms with E-state index < -0.39 is 0 Å². The summed E-state index contributed by atoms with van der Waals surface area (Å²) in [6.45, 7) is -0.0844. The molecule has 2 aliphatic heterocycles. The molecule has 0 spiro atoms. The first-order chi connectivity index (χ1) is 16.9. The second-order valence-corrected chi connectivity index (χ2v) is 8.16. The van der Waals surface area contributed by atoms with Crippen molar-refractivity contribution < 1.29 is 24.0 Å². The lowest BCUT2D eigenvalue weighted by Crippen LogP contribution is -2.42. The molecule has 174 valence electrons. The van der Waals surface area contributed by atoms with E-state index >= 15 is 0 Å². The zero-order valence-electron chi connectivity index (χ0n) is 18.5. The summed E-state index contributed by atoms with van der Waals surface area (Å²) < 4.78 is 0. The predicted octanol–water partition coefficient (Wildman–Crippen LogP) is 3.19. The van der Waals surface area contributed by atoms with Gasteiger partial charge < -0.3 is 10.6 Å². The molecule has 5 amide bonds. The van der Waals surface area contributed by atoms with Crippen LogP contribution in [0.4, 0.5) is 22.7 Å². The minimum Gasteiger partial charge on any atom is -0.323 e. The molecule has 1 saturated heterocycles. The van der Waals surface area contributed by atoms with Crippen LogP contribution in [0.25, 0.3) is 0 Å². The molecule has 5 rings (SSSR count). The summed E-state index contributed by atoms with van der Waals surface area (Å²) in [4.78, 5) is 64.0. The van der Waals surface area contributed by atoms with E-state index in [1.807, 2.05) is 0 Å². The van der Waals surface area contributed by atoms with E-state index in [-0.39, 0.29) is 48.9 Å². The van der Waals surface area contributed by atoms with Crippen molar-refractivity contribution in [3.05, 3.63) is 83.9 Å². The number of rotatable bonds is 4. The fourth-order valence-corrected chi connectivity index (χ4v) is 4.10. The predicted molar refractivity (Wildman–Crippen MR) is 129 cm³/mol. The summed E-state index contributed by atoms with van der Waals surface area (Å²) in [5, 5.41) is 5.51. The van der Waals surface area contributed by atoms with Gasteiger partial charge in [-0.3, -0.25) is 33.8 Å². The van der Waals surface area contributed by atoms with Crippen molar-refractivity contribution in [2.75, 3.05) is 27.0 Å². The Morgan fingerprint density at radius 3 is 2.09 bits per heavy atom. The highest BCUT2D eigenvalue weighted by molar-refractivity contribution is 6.20. The number of carbonyl (C=O) groups is 5. The summed E-state index contributed by atoms with van der Waals surface area (Å²) in [5.41, 5.74) is 2.84. The van der Waals surface area contributed by atoms with E-state index in [1.165, 1.54) is 4.90 Å². The highest BCUT2D eigenvalue weighted by Crippen LogP contribution is 2.30. The number of hydrogen-bond donors (Lipinski definition) is 2. The van der Waals surface area contributed by atoms with Gasteiger partial charge in [-0.2, -0.15) is 0 Å². The zero-order valence-corrected chi connectivity index (χ0v) is 18.5. The maximum Gasteiger partial charge on any atom is 0.258 e. The van der Waals surface area contributed by atoms with Crippen LogP contribution in [0.15, 0.2) is 72.8 Å². The van der Waals surface area contributed by atoms with Crippen molar-refractivity contribution in [3.63, 3.8) is 0 Å². The van der Waals surface area contributed by atoms with Crippen LogP contribution in [-0.4, -0.2) is 36.1 Å². The number of para-hydroxylation sites is 2. The highest BCUT2D eigenvalue weighted by atomic mass is 16.2. The van der Waals surface area contributed by atoms with Crippen LogP contribution in [0, 0.1) is 0 Å². The molecule has 0 radical (unpaired) electrons. The maximum atomic E-state index is 13.1. The lowest BCUT2D eigenvalue weighted by molar-refractivity contribution is -0.121. The molecule has 2 heterocycles. The molecular weight excluding hydrogens is 448 g/mol. The average Bonchev–Trinajstić information content (AvgIpc) is 3.21. The SMILES string of the molecule is O=C1CN(C(=O)c2ccc(NC(=O)c3ccc(N4C(=O)CCC4=O)cc3)cc2)c2ccccc2N1. The third-order valence-electron chi connectivity index (χ3n) is 5.84. The number of nitrogens with zero attached hydrogens (tertiary/aromatic N) is 2. The van der Waals surface area contributed by atoms with E-state index in [4.69, 9.17) is 0 Å². The number of hydrogen-bond acceptors (Lipinski definition) is 5. The summed E-state index contributed by atoms with van der Waals surface area (Å²) in [5.74, 6) is -1.49. The molecule has 3 aromatic carbocycles. The molecular formula is C26H20N4O5. The van der Waals surface area contributed by atoms with Crippen LogP contribution in [-0.2, 0) is 14.4 Å². The summed E-state index contributed by atoms with van der Waals surface area (Å²) in [6.07, 6.45) is 0.383. The van der Waals surface area contributed by atoms with Crippen molar-refractivity contribution in [2.24, 2.45) is 0 Å². The van der Waals surface area contributed by atoms with Gasteiger partial charge in [-0.05, 0) is 60.7 Å². The molecule has 2 aliphatic rings. The molecule has 9 nitrogen and oxygen atoms in total. The largest absolute Gasteiger partial charge is 0.323 e. The van der Waals surface area contributed by atoms with Gasteiger partial charge in [0.05, 0.1) is 17.1 Å². The van der Waals surface area contributed by atoms with Crippen LogP contribution in [0.1, 0.15) is 33.6 Å². The van der Waals surface area contributed by atoms with Crippen LogP contribution >= 0.6 is 0 Å². The third-order valence-corrected chi connectivity index (χ3v) is 5.84. The van der Waals surface area contributed by atoms with Crippen LogP contribution < -0.4 is 20.4 Å². The number of fused-ring (bicyclic) bond motifs is 1. The quantitative estimate of drug-likeness (QED) is 0.571. The number of anilines is 4. The van der Waals surface area contributed by atoms with Crippen molar-refractivity contribution in [1.82, 2.24) is 0 Å². The van der Waals surface area contributed by atoms with Gasteiger partial charge in [-0.15, -0.1) is 0 Å². The van der Waals surface area contributed by atoms with Crippen molar-refractivity contribution in [3.8, 4) is 0 Å². The molecule has 3 aromatic rings. The van der Waals surface area contributed by atoms with Gasteiger partial charge in [-0.25, -0.2) is 0 Å². The molecule has 0 saturated carbocycles. The standard InChI is InChI=1S/C26H20N4O5/c31-22-15-29(21-4-2-1-3-20(21)28-22)26(35)17-5-9-18(10-6-17)27-25(34)16-7-11-19(12-8-16)30-23(32)13-14-24(30)33/h1-12H,13-15H2,(H,27,34)(H,28,31). The minimum atomic E-state index is -0.378. The van der Waals surface area contributed by atoms with E-state index in [0.717, 1.165) is 4.90 Å². The molecule has 35 heavy (non-hydrogen) atoms. The lowest BCUT2D eigenvalue weighted by atomic mass is 10.1. The third kappa shape index (κ3) is 4.26. The molecule has 0 atom stereocenters. The zero-order chi connectivity index (χ0) is 24.5. The van der Waals surface area contributed by atoms with Gasteiger partial charge in [0.25, 0.3) is 11.8 Å². The average molecular weight is 468 g/mol. The number of carbonyl (C=O) groups excluding carboxylic acids is 5. The Kier molecular flexibility index (Phi) is 5.58. The van der Waals surface area contributed by atoms with Crippen molar-refractivity contribution in [1.29, 1.82) is 0 Å². The Morgan fingerprint density at radius 1 is 0.771 bits per heavy atom. The molecule has 0 bridgehead atoms. The maximum absolute atomic E-state index is 13.1. The number of nitrogens with one attached hydrogen (secondary N) is 2. The summed E-state index contributed by atoms with van der Waals surface area (Å²) in [6, 6.07) is 19.7. The van der Waals surface area contributed by atoms with Gasteiger partial charge in [0.1, 0.15) is 6.54 Å². The Hall–Kier alpha value is -4.79. The van der Waals surface area contributed by atoms with Crippen molar-refractivity contribution >= 4 is 52.3 Å². The fraction of sp³-hybridized carbons (Fsp3) is 0.115. The Bertz CT molecular complexity index is 1350. The molecule has 9 heteroatoms. The normalized spacial score (nSPS) is 15.0. The van der Waals surface area contributed by atoms with Gasteiger partial charge in [0, 0.05) is 29.7 Å². The lowest BCUT2D eigenvalue weighted by Gasteiger charge is -2.29. The van der Waals surface area contributed by atoms with E-state index in [0.29, 0.717) is 33.9 Å². The Labute approximate surface area is 200 Å². The van der Waals surface area contributed by atoms with Crippen LogP contribution in [0.3, 0.4) is 0 Å². The monoisotopic (exact) mass is 468 g/mol. The first-order valence-corrected chi connectivity index (χ1v) is 11.0. The summed E-state index contributed by atoms with van der Waals surface area (Å²) in [7, 11) is 0. The molecule has 0 unspecified atom stereocenters. The van der Waals surface area contributed by atoms with Crippen LogP contribution in [0.5, 0.6) is 0 Å². The molecule has 2 N–H and O–H groups in total. The van der Waals surface area contributed by atoms with Gasteiger partial charge >= 0.3 is 0 Å². The Balaban J connectivity index is 1.27. The smallest absolute Gasteiger partial charge is 0.258 e. The summed E-state index contributed by atoms with van der Waals surface area (Å²) >= 11 is 0. The Morgan fingerprint density at radius 2 is 1.40 bits per heavy atom. The first-order valence-electron chi connectivity index (χ1n) is 11.0. The number of imide groups is 1. The van der Waals surface area contributed by atoms with Gasteiger partial charge in [0.2, 0.25) is 17.7 Å². The topological polar surface area (TPSA) is 116 Å². The second kappa shape index (κ2) is 8.86. The first kappa shape index (κ1) is 22.0.